The van der Waals surface area contributed by atoms with Crippen LogP contribution in [0.2, 0.25) is 0 Å². The van der Waals surface area contributed by atoms with E-state index in [2.05, 4.69) is 10.6 Å². The highest BCUT2D eigenvalue weighted by Gasteiger charge is 2.40. The van der Waals surface area contributed by atoms with Crippen molar-refractivity contribution in [3.05, 3.63) is 41.5 Å². The molecule has 1 atom stereocenters. The van der Waals surface area contributed by atoms with Crippen LogP contribution in [0.25, 0.3) is 10.8 Å². The molecular formula is C29H36N4O5. The number of benzene rings is 2. The van der Waals surface area contributed by atoms with E-state index < -0.39 is 11.9 Å². The predicted molar refractivity (Wildman–Crippen MR) is 144 cm³/mol. The minimum atomic E-state index is -0.735. The number of nitrogens with one attached hydrogen (secondary N) is 2. The van der Waals surface area contributed by atoms with Gasteiger partial charge in [-0.05, 0) is 70.0 Å². The van der Waals surface area contributed by atoms with Gasteiger partial charge in [-0.1, -0.05) is 18.2 Å². The molecule has 1 unspecified atom stereocenters. The van der Waals surface area contributed by atoms with Gasteiger partial charge < -0.3 is 10.2 Å². The lowest BCUT2D eigenvalue weighted by molar-refractivity contribution is -0.135. The third-order valence-corrected chi connectivity index (χ3v) is 7.26. The highest BCUT2D eigenvalue weighted by molar-refractivity contribution is 6.27. The first kappa shape index (κ1) is 27.3. The Morgan fingerprint density at radius 2 is 1.74 bits per heavy atom. The molecular weight excluding hydrogens is 484 g/mol. The Labute approximate surface area is 222 Å². The molecule has 2 aromatic carbocycles. The second-order valence-electron chi connectivity index (χ2n) is 10.6. The summed E-state index contributed by atoms with van der Waals surface area (Å²) in [6.07, 6.45) is 2.51. The molecule has 0 radical (unpaired) electrons. The maximum absolute atomic E-state index is 13.3. The van der Waals surface area contributed by atoms with Gasteiger partial charge >= 0.3 is 0 Å². The Morgan fingerprint density at radius 3 is 2.42 bits per heavy atom. The van der Waals surface area contributed by atoms with Gasteiger partial charge in [-0.25, -0.2) is 0 Å². The van der Waals surface area contributed by atoms with Crippen LogP contribution in [0.15, 0.2) is 30.3 Å². The Morgan fingerprint density at radius 1 is 1.03 bits per heavy atom. The lowest BCUT2D eigenvalue weighted by atomic mass is 10.00. The van der Waals surface area contributed by atoms with E-state index in [0.717, 1.165) is 16.3 Å². The van der Waals surface area contributed by atoms with Crippen LogP contribution in [0.4, 0.5) is 5.69 Å². The molecule has 2 aliphatic rings. The number of carbonyl (C=O) groups is 5. The third-order valence-electron chi connectivity index (χ3n) is 7.26. The van der Waals surface area contributed by atoms with Gasteiger partial charge in [-0.2, -0.15) is 0 Å². The fraction of sp³-hybridized carbons (Fsp3) is 0.483. The van der Waals surface area contributed by atoms with Gasteiger partial charge in [0, 0.05) is 48.8 Å². The maximum atomic E-state index is 13.3. The monoisotopic (exact) mass is 520 g/mol. The minimum Gasteiger partial charge on any atom is -0.352 e. The van der Waals surface area contributed by atoms with E-state index in [-0.39, 0.29) is 48.6 Å². The molecule has 1 saturated heterocycles. The Hall–Kier alpha value is -3.75. The van der Waals surface area contributed by atoms with Crippen molar-refractivity contribution < 1.29 is 24.0 Å². The van der Waals surface area contributed by atoms with E-state index in [1.807, 2.05) is 50.8 Å². The molecule has 2 aliphatic heterocycles. The van der Waals surface area contributed by atoms with Crippen molar-refractivity contribution in [1.29, 1.82) is 0 Å². The van der Waals surface area contributed by atoms with Crippen molar-refractivity contribution in [2.45, 2.75) is 90.9 Å². The van der Waals surface area contributed by atoms with E-state index in [4.69, 9.17) is 0 Å². The molecule has 2 aromatic rings. The van der Waals surface area contributed by atoms with Gasteiger partial charge in [0.25, 0.3) is 5.91 Å². The molecule has 0 saturated carbocycles. The van der Waals surface area contributed by atoms with Crippen LogP contribution in [-0.4, -0.2) is 52.6 Å². The third kappa shape index (κ3) is 5.42. The number of rotatable bonds is 10. The van der Waals surface area contributed by atoms with Gasteiger partial charge in [-0.15, -0.1) is 0 Å². The van der Waals surface area contributed by atoms with E-state index in [0.29, 0.717) is 43.5 Å². The van der Waals surface area contributed by atoms with Gasteiger partial charge in [0.1, 0.15) is 6.04 Å². The van der Waals surface area contributed by atoms with Crippen molar-refractivity contribution in [2.75, 3.05) is 4.90 Å². The Balaban J connectivity index is 1.38. The van der Waals surface area contributed by atoms with Crippen LogP contribution in [0.1, 0.15) is 82.1 Å². The molecule has 5 amide bonds. The van der Waals surface area contributed by atoms with Crippen LogP contribution in [0, 0.1) is 0 Å². The summed E-state index contributed by atoms with van der Waals surface area (Å²) in [5, 5.41) is 6.89. The molecule has 0 aliphatic carbocycles. The van der Waals surface area contributed by atoms with Crippen LogP contribution in [-0.2, 0) is 25.7 Å². The van der Waals surface area contributed by atoms with Crippen LogP contribution in [0.5, 0.6) is 0 Å². The summed E-state index contributed by atoms with van der Waals surface area (Å²) < 4.78 is 0. The second-order valence-corrected chi connectivity index (χ2v) is 10.6. The normalized spacial score (nSPS) is 16.9. The summed E-state index contributed by atoms with van der Waals surface area (Å²) in [6, 6.07) is 8.68. The topological polar surface area (TPSA) is 116 Å². The van der Waals surface area contributed by atoms with Crippen LogP contribution >= 0.6 is 0 Å². The van der Waals surface area contributed by atoms with Crippen molar-refractivity contribution in [1.82, 2.24) is 15.5 Å². The summed E-state index contributed by atoms with van der Waals surface area (Å²) in [6.45, 7) is 8.34. The minimum absolute atomic E-state index is 0.0912. The highest BCUT2D eigenvalue weighted by Crippen LogP contribution is 2.41. The zero-order valence-corrected chi connectivity index (χ0v) is 22.5. The van der Waals surface area contributed by atoms with Crippen LogP contribution in [0.3, 0.4) is 0 Å². The average Bonchev–Trinajstić information content (AvgIpc) is 3.14. The van der Waals surface area contributed by atoms with E-state index in [1.165, 1.54) is 4.90 Å². The van der Waals surface area contributed by atoms with Crippen LogP contribution < -0.4 is 15.5 Å². The summed E-state index contributed by atoms with van der Waals surface area (Å²) in [5.74, 6) is -1.03. The van der Waals surface area contributed by atoms with E-state index in [1.54, 1.807) is 12.1 Å². The zero-order chi connectivity index (χ0) is 27.6. The quantitative estimate of drug-likeness (QED) is 0.368. The first-order chi connectivity index (χ1) is 18.1. The summed E-state index contributed by atoms with van der Waals surface area (Å²) >= 11 is 0. The van der Waals surface area contributed by atoms with Crippen molar-refractivity contribution in [3.8, 4) is 0 Å². The molecule has 38 heavy (non-hydrogen) atoms. The van der Waals surface area contributed by atoms with E-state index in [9.17, 15) is 24.0 Å². The number of hydrogen-bond acceptors (Lipinski definition) is 5. The maximum Gasteiger partial charge on any atom is 0.259 e. The molecule has 0 spiro atoms. The molecule has 1 fully saturated rings. The van der Waals surface area contributed by atoms with Crippen molar-refractivity contribution >= 4 is 46.0 Å². The highest BCUT2D eigenvalue weighted by atomic mass is 16.2. The standard InChI is InChI=1S/C29H36N4O5/c1-17(2)32(18(3)4)26(36)11-6-5-10-24(34)30-16-19-12-13-22-27-20(19)8-7-9-21(27)29(38)33(22)23-14-15-25(35)31-28(23)37/h7-9,12-13,17-18,23H,5-6,10-11,14-16H2,1-4H3,(H,30,34)(H,31,35,37). The lowest BCUT2D eigenvalue weighted by Crippen LogP contribution is -2.53. The molecule has 202 valence electrons. The first-order valence-corrected chi connectivity index (χ1v) is 13.4. The van der Waals surface area contributed by atoms with Crippen molar-refractivity contribution in [2.24, 2.45) is 0 Å². The molecule has 0 aromatic heterocycles. The molecule has 2 heterocycles. The fourth-order valence-corrected chi connectivity index (χ4v) is 5.60. The zero-order valence-electron chi connectivity index (χ0n) is 22.5. The molecule has 9 heteroatoms. The number of unbranched alkanes of at least 4 members (excludes halogenated alkanes) is 1. The number of carbonyl (C=O) groups excluding carboxylic acids is 5. The number of anilines is 1. The largest absolute Gasteiger partial charge is 0.352 e. The average molecular weight is 521 g/mol. The number of piperidine rings is 1. The summed E-state index contributed by atoms with van der Waals surface area (Å²) in [5.41, 5.74) is 2.03. The number of imide groups is 1. The van der Waals surface area contributed by atoms with Gasteiger partial charge in [0.2, 0.25) is 23.6 Å². The summed E-state index contributed by atoms with van der Waals surface area (Å²) in [7, 11) is 0. The van der Waals surface area contributed by atoms with Gasteiger partial charge in [0.05, 0.1) is 5.69 Å². The summed E-state index contributed by atoms with van der Waals surface area (Å²) in [4.78, 5) is 65.7. The van der Waals surface area contributed by atoms with E-state index >= 15 is 0 Å². The smallest absolute Gasteiger partial charge is 0.259 e. The number of nitrogens with zero attached hydrogens (tertiary/aromatic N) is 2. The number of hydrogen-bond donors (Lipinski definition) is 2. The predicted octanol–water partition coefficient (Wildman–Crippen LogP) is 3.43. The molecule has 0 bridgehead atoms. The molecule has 9 nitrogen and oxygen atoms in total. The van der Waals surface area contributed by atoms with Crippen molar-refractivity contribution in [3.63, 3.8) is 0 Å². The Bertz CT molecular complexity index is 1280. The second kappa shape index (κ2) is 11.3. The van der Waals surface area contributed by atoms with Gasteiger partial charge in [-0.3, -0.25) is 34.2 Å². The SMILES string of the molecule is CC(C)N(C(=O)CCCCC(=O)NCc1ccc2c3c(cccc13)C(=O)N2C1CCC(=O)NC1=O)C(C)C. The molecule has 4 rings (SSSR count). The Kier molecular flexibility index (Phi) is 8.14. The molecule has 2 N–H and O–H groups in total. The lowest BCUT2D eigenvalue weighted by Gasteiger charge is -2.30. The van der Waals surface area contributed by atoms with Gasteiger partial charge in [0.15, 0.2) is 0 Å². The fourth-order valence-electron chi connectivity index (χ4n) is 5.60. The number of amides is 5. The first-order valence-electron chi connectivity index (χ1n) is 13.4.